The van der Waals surface area contributed by atoms with E-state index in [1.54, 1.807) is 0 Å². The van der Waals surface area contributed by atoms with Crippen LogP contribution in [-0.2, 0) is 5.41 Å². The van der Waals surface area contributed by atoms with E-state index in [0.717, 1.165) is 5.92 Å². The molecule has 0 aliphatic rings. The van der Waals surface area contributed by atoms with Crippen LogP contribution in [0.1, 0.15) is 46.1 Å². The highest BCUT2D eigenvalue weighted by molar-refractivity contribution is 5.23. The van der Waals surface area contributed by atoms with E-state index in [1.165, 1.54) is 18.4 Å². The van der Waals surface area contributed by atoms with Gasteiger partial charge in [-0.15, -0.1) is 0 Å². The minimum absolute atomic E-state index is 0.325. The minimum atomic E-state index is 0.325. The Bertz CT molecular complexity index is 257. The first-order chi connectivity index (χ1) is 6.52. The second kappa shape index (κ2) is 4.63. The van der Waals surface area contributed by atoms with Gasteiger partial charge in [-0.2, -0.15) is 0 Å². The molecule has 1 aromatic carbocycles. The lowest BCUT2D eigenvalue weighted by molar-refractivity contribution is 0.415. The molecule has 0 radical (unpaired) electrons. The lowest BCUT2D eigenvalue weighted by Gasteiger charge is -2.26. The first kappa shape index (κ1) is 11.3. The maximum atomic E-state index is 2.34. The zero-order valence-electron chi connectivity index (χ0n) is 9.88. The maximum absolute atomic E-state index is 2.34. The molecule has 0 N–H and O–H groups in total. The summed E-state index contributed by atoms with van der Waals surface area (Å²) in [5.74, 6) is 0.804. The van der Waals surface area contributed by atoms with Crippen molar-refractivity contribution in [1.29, 1.82) is 0 Å². The number of rotatable bonds is 4. The van der Waals surface area contributed by atoms with Gasteiger partial charge >= 0.3 is 0 Å². The van der Waals surface area contributed by atoms with E-state index in [4.69, 9.17) is 0 Å². The Hall–Kier alpha value is -0.780. The molecule has 0 nitrogen and oxygen atoms in total. The molecule has 0 saturated carbocycles. The molecule has 78 valence electrons. The van der Waals surface area contributed by atoms with Crippen molar-refractivity contribution in [2.45, 2.75) is 46.0 Å². The van der Waals surface area contributed by atoms with Crippen LogP contribution in [0.25, 0.3) is 0 Å². The van der Waals surface area contributed by atoms with Gasteiger partial charge < -0.3 is 0 Å². The molecule has 0 unspecified atom stereocenters. The normalized spacial score (nSPS) is 12.1. The van der Waals surface area contributed by atoms with Crippen LogP contribution in [0.5, 0.6) is 0 Å². The molecule has 0 aliphatic carbocycles. The third kappa shape index (κ3) is 3.17. The topological polar surface area (TPSA) is 0 Å². The molecular formula is C14H22. The van der Waals surface area contributed by atoms with Gasteiger partial charge in [0.15, 0.2) is 0 Å². The largest absolute Gasteiger partial charge is 0.0628 e. The van der Waals surface area contributed by atoms with Gasteiger partial charge in [0.2, 0.25) is 0 Å². The van der Waals surface area contributed by atoms with Crippen molar-refractivity contribution in [2.75, 3.05) is 0 Å². The Morgan fingerprint density at radius 2 is 1.64 bits per heavy atom. The van der Waals surface area contributed by atoms with Gasteiger partial charge in [-0.05, 0) is 23.3 Å². The summed E-state index contributed by atoms with van der Waals surface area (Å²) < 4.78 is 0. The Morgan fingerprint density at radius 1 is 1.07 bits per heavy atom. The van der Waals surface area contributed by atoms with Crippen LogP contribution in [0.2, 0.25) is 0 Å². The Kier molecular flexibility index (Phi) is 3.74. The minimum Gasteiger partial charge on any atom is -0.0628 e. The van der Waals surface area contributed by atoms with Gasteiger partial charge in [0, 0.05) is 0 Å². The third-order valence-corrected chi connectivity index (χ3v) is 2.90. The zero-order chi connectivity index (χ0) is 10.6. The second-order valence-corrected chi connectivity index (χ2v) is 5.18. The van der Waals surface area contributed by atoms with E-state index in [2.05, 4.69) is 58.0 Å². The molecule has 0 atom stereocenters. The van der Waals surface area contributed by atoms with Gasteiger partial charge in [0.25, 0.3) is 0 Å². The summed E-state index contributed by atoms with van der Waals surface area (Å²) in [6.45, 7) is 9.26. The van der Waals surface area contributed by atoms with Crippen LogP contribution >= 0.6 is 0 Å². The van der Waals surface area contributed by atoms with Crippen LogP contribution in [-0.4, -0.2) is 0 Å². The third-order valence-electron chi connectivity index (χ3n) is 2.90. The van der Waals surface area contributed by atoms with Crippen LogP contribution in [0, 0.1) is 5.92 Å². The van der Waals surface area contributed by atoms with Gasteiger partial charge in [-0.25, -0.2) is 0 Å². The average molecular weight is 190 g/mol. The smallest absolute Gasteiger partial charge is 0.0103 e. The molecule has 0 spiro atoms. The predicted molar refractivity (Wildman–Crippen MR) is 63.5 cm³/mol. The Morgan fingerprint density at radius 3 is 2.14 bits per heavy atom. The second-order valence-electron chi connectivity index (χ2n) is 5.18. The lowest BCUT2D eigenvalue weighted by Crippen LogP contribution is -2.17. The predicted octanol–water partition coefficient (Wildman–Crippen LogP) is 4.40. The summed E-state index contributed by atoms with van der Waals surface area (Å²) >= 11 is 0. The standard InChI is InChI=1S/C14H22/c1-12(2)10-11-14(3,4)13-8-6-5-7-9-13/h5-9,12H,10-11H2,1-4H3. The Balaban J connectivity index is 2.66. The summed E-state index contributed by atoms with van der Waals surface area (Å²) in [7, 11) is 0. The van der Waals surface area contributed by atoms with E-state index in [9.17, 15) is 0 Å². The monoisotopic (exact) mass is 190 g/mol. The molecule has 1 rings (SSSR count). The molecule has 0 heteroatoms. The molecule has 0 bridgehead atoms. The molecule has 0 saturated heterocycles. The van der Waals surface area contributed by atoms with Crippen LogP contribution in [0.15, 0.2) is 30.3 Å². The molecule has 1 aromatic rings. The van der Waals surface area contributed by atoms with Gasteiger partial charge in [0.1, 0.15) is 0 Å². The van der Waals surface area contributed by atoms with Crippen molar-refractivity contribution in [3.8, 4) is 0 Å². The fourth-order valence-corrected chi connectivity index (χ4v) is 1.68. The van der Waals surface area contributed by atoms with Crippen molar-refractivity contribution >= 4 is 0 Å². The summed E-state index contributed by atoms with van der Waals surface area (Å²) in [6, 6.07) is 10.8. The van der Waals surface area contributed by atoms with E-state index in [1.807, 2.05) is 0 Å². The average Bonchev–Trinajstić information content (AvgIpc) is 2.16. The summed E-state index contributed by atoms with van der Waals surface area (Å²) in [6.07, 6.45) is 2.58. The molecule has 0 heterocycles. The van der Waals surface area contributed by atoms with Gasteiger partial charge in [-0.3, -0.25) is 0 Å². The molecular weight excluding hydrogens is 168 g/mol. The summed E-state index contributed by atoms with van der Waals surface area (Å²) in [5.41, 5.74) is 1.78. The SMILES string of the molecule is CC(C)CCC(C)(C)c1ccccc1. The highest BCUT2D eigenvalue weighted by Crippen LogP contribution is 2.29. The van der Waals surface area contributed by atoms with E-state index < -0.39 is 0 Å². The summed E-state index contributed by atoms with van der Waals surface area (Å²) in [5, 5.41) is 0. The number of hydrogen-bond acceptors (Lipinski definition) is 0. The van der Waals surface area contributed by atoms with E-state index in [0.29, 0.717) is 5.41 Å². The van der Waals surface area contributed by atoms with Gasteiger partial charge in [0.05, 0.1) is 0 Å². The molecule has 0 amide bonds. The number of benzene rings is 1. The van der Waals surface area contributed by atoms with E-state index >= 15 is 0 Å². The van der Waals surface area contributed by atoms with E-state index in [-0.39, 0.29) is 0 Å². The zero-order valence-corrected chi connectivity index (χ0v) is 9.88. The lowest BCUT2D eigenvalue weighted by atomic mass is 9.79. The fourth-order valence-electron chi connectivity index (χ4n) is 1.68. The quantitative estimate of drug-likeness (QED) is 0.660. The molecule has 0 aromatic heterocycles. The molecule has 0 fully saturated rings. The van der Waals surface area contributed by atoms with Crippen molar-refractivity contribution < 1.29 is 0 Å². The fraction of sp³-hybridized carbons (Fsp3) is 0.571. The van der Waals surface area contributed by atoms with Crippen molar-refractivity contribution in [1.82, 2.24) is 0 Å². The van der Waals surface area contributed by atoms with Crippen molar-refractivity contribution in [3.63, 3.8) is 0 Å². The van der Waals surface area contributed by atoms with Crippen LogP contribution in [0.4, 0.5) is 0 Å². The highest BCUT2D eigenvalue weighted by Gasteiger charge is 2.19. The van der Waals surface area contributed by atoms with Crippen LogP contribution in [0.3, 0.4) is 0 Å². The first-order valence-corrected chi connectivity index (χ1v) is 5.58. The first-order valence-electron chi connectivity index (χ1n) is 5.58. The molecule has 14 heavy (non-hydrogen) atoms. The van der Waals surface area contributed by atoms with Crippen molar-refractivity contribution in [2.24, 2.45) is 5.92 Å². The van der Waals surface area contributed by atoms with Gasteiger partial charge in [-0.1, -0.05) is 64.4 Å². The summed E-state index contributed by atoms with van der Waals surface area (Å²) in [4.78, 5) is 0. The number of hydrogen-bond donors (Lipinski definition) is 0. The molecule has 0 aliphatic heterocycles. The maximum Gasteiger partial charge on any atom is -0.0103 e. The Labute approximate surface area is 88.4 Å². The highest BCUT2D eigenvalue weighted by atomic mass is 14.2. The van der Waals surface area contributed by atoms with Crippen LogP contribution < -0.4 is 0 Å². The van der Waals surface area contributed by atoms with Crippen molar-refractivity contribution in [3.05, 3.63) is 35.9 Å².